The average molecular weight is 181 g/mol. The summed E-state index contributed by atoms with van der Waals surface area (Å²) in [6.07, 6.45) is 0.120. The van der Waals surface area contributed by atoms with Gasteiger partial charge in [-0.25, -0.2) is 0 Å². The first-order valence-corrected chi connectivity index (χ1v) is 4.23. The Labute approximate surface area is 78.5 Å². The number of anilines is 1. The first-order valence-electron chi connectivity index (χ1n) is 4.23. The fraction of sp³-hybridized carbons (Fsp3) is 0.400. The highest BCUT2D eigenvalue weighted by Crippen LogP contribution is 2.27. The van der Waals surface area contributed by atoms with Crippen LogP contribution >= 0.6 is 0 Å². The van der Waals surface area contributed by atoms with Crippen LogP contribution in [0.5, 0.6) is 11.5 Å². The summed E-state index contributed by atoms with van der Waals surface area (Å²) in [6.45, 7) is 3.91. The first-order chi connectivity index (χ1) is 6.13. The van der Waals surface area contributed by atoms with Crippen LogP contribution in [0.15, 0.2) is 18.2 Å². The molecular weight excluding hydrogens is 166 g/mol. The molecule has 3 nitrogen and oxygen atoms in total. The van der Waals surface area contributed by atoms with Crippen molar-refractivity contribution in [3.8, 4) is 11.5 Å². The maximum absolute atomic E-state index is 5.71. The second-order valence-corrected chi connectivity index (χ2v) is 3.07. The Morgan fingerprint density at radius 2 is 2.00 bits per heavy atom. The van der Waals surface area contributed by atoms with E-state index in [-0.39, 0.29) is 6.10 Å². The van der Waals surface area contributed by atoms with E-state index in [9.17, 15) is 0 Å². The van der Waals surface area contributed by atoms with Crippen molar-refractivity contribution < 1.29 is 9.47 Å². The van der Waals surface area contributed by atoms with Gasteiger partial charge in [0, 0.05) is 6.07 Å². The van der Waals surface area contributed by atoms with Crippen LogP contribution < -0.4 is 15.2 Å². The number of nitrogen functional groups attached to an aromatic ring is 1. The lowest BCUT2D eigenvalue weighted by atomic mass is 10.3. The van der Waals surface area contributed by atoms with Crippen LogP contribution in [0.2, 0.25) is 0 Å². The summed E-state index contributed by atoms with van der Waals surface area (Å²) in [4.78, 5) is 0. The molecule has 0 spiro atoms. The van der Waals surface area contributed by atoms with Gasteiger partial charge in [0.15, 0.2) is 0 Å². The minimum atomic E-state index is 0.120. The molecule has 0 aromatic heterocycles. The van der Waals surface area contributed by atoms with Crippen molar-refractivity contribution in [3.63, 3.8) is 0 Å². The Hall–Kier alpha value is -1.38. The van der Waals surface area contributed by atoms with Gasteiger partial charge in [0.25, 0.3) is 0 Å². The molecule has 0 heterocycles. The molecule has 3 heteroatoms. The lowest BCUT2D eigenvalue weighted by Gasteiger charge is -2.12. The van der Waals surface area contributed by atoms with Crippen LogP contribution in [0.4, 0.5) is 5.69 Å². The molecule has 0 bridgehead atoms. The van der Waals surface area contributed by atoms with E-state index in [1.54, 1.807) is 19.2 Å². The van der Waals surface area contributed by atoms with Crippen LogP contribution in [0, 0.1) is 0 Å². The van der Waals surface area contributed by atoms with Gasteiger partial charge in [-0.3, -0.25) is 0 Å². The lowest BCUT2D eigenvalue weighted by molar-refractivity contribution is 0.242. The van der Waals surface area contributed by atoms with Crippen molar-refractivity contribution >= 4 is 5.69 Å². The molecule has 2 N–H and O–H groups in total. The fourth-order valence-electron chi connectivity index (χ4n) is 0.998. The van der Waals surface area contributed by atoms with E-state index in [4.69, 9.17) is 15.2 Å². The topological polar surface area (TPSA) is 44.5 Å². The molecular formula is C10H15NO2. The van der Waals surface area contributed by atoms with Gasteiger partial charge < -0.3 is 15.2 Å². The summed E-state index contributed by atoms with van der Waals surface area (Å²) in [7, 11) is 1.62. The highest BCUT2D eigenvalue weighted by molar-refractivity contribution is 5.55. The van der Waals surface area contributed by atoms with Gasteiger partial charge in [-0.05, 0) is 26.0 Å². The quantitative estimate of drug-likeness (QED) is 0.726. The van der Waals surface area contributed by atoms with Gasteiger partial charge in [-0.1, -0.05) is 0 Å². The van der Waals surface area contributed by atoms with E-state index in [1.165, 1.54) is 0 Å². The molecule has 0 radical (unpaired) electrons. The largest absolute Gasteiger partial charge is 0.497 e. The molecule has 72 valence electrons. The maximum atomic E-state index is 5.71. The number of hydrogen-bond donors (Lipinski definition) is 1. The highest BCUT2D eigenvalue weighted by Gasteiger charge is 2.03. The Morgan fingerprint density at radius 1 is 1.31 bits per heavy atom. The summed E-state index contributed by atoms with van der Waals surface area (Å²) in [6, 6.07) is 5.37. The van der Waals surface area contributed by atoms with Crippen molar-refractivity contribution in [2.45, 2.75) is 20.0 Å². The minimum absolute atomic E-state index is 0.120. The molecule has 0 saturated heterocycles. The van der Waals surface area contributed by atoms with Crippen LogP contribution in [0.3, 0.4) is 0 Å². The van der Waals surface area contributed by atoms with E-state index in [0.29, 0.717) is 11.4 Å². The standard InChI is InChI=1S/C10H15NO2/c1-7(2)13-10-6-8(12-3)4-5-9(10)11/h4-7H,11H2,1-3H3. The van der Waals surface area contributed by atoms with E-state index < -0.39 is 0 Å². The number of methoxy groups -OCH3 is 1. The van der Waals surface area contributed by atoms with Gasteiger partial charge in [0.2, 0.25) is 0 Å². The zero-order valence-electron chi connectivity index (χ0n) is 8.20. The SMILES string of the molecule is COc1ccc(N)c(OC(C)C)c1. The van der Waals surface area contributed by atoms with Gasteiger partial charge in [0.1, 0.15) is 11.5 Å². The molecule has 0 amide bonds. The normalized spacial score (nSPS) is 10.2. The maximum Gasteiger partial charge on any atom is 0.146 e. The Kier molecular flexibility index (Phi) is 3.01. The average Bonchev–Trinajstić information content (AvgIpc) is 2.08. The number of hydrogen-bond acceptors (Lipinski definition) is 3. The van der Waals surface area contributed by atoms with Crippen LogP contribution in [0.25, 0.3) is 0 Å². The van der Waals surface area contributed by atoms with E-state index in [2.05, 4.69) is 0 Å². The van der Waals surface area contributed by atoms with Crippen LogP contribution in [-0.4, -0.2) is 13.2 Å². The molecule has 0 aliphatic rings. The molecule has 13 heavy (non-hydrogen) atoms. The predicted molar refractivity (Wildman–Crippen MR) is 53.2 cm³/mol. The zero-order valence-corrected chi connectivity index (χ0v) is 8.20. The summed E-state index contributed by atoms with van der Waals surface area (Å²) in [5, 5.41) is 0. The number of rotatable bonds is 3. The zero-order chi connectivity index (χ0) is 9.84. The fourth-order valence-corrected chi connectivity index (χ4v) is 0.998. The second kappa shape index (κ2) is 4.03. The second-order valence-electron chi connectivity index (χ2n) is 3.07. The Bertz CT molecular complexity index is 284. The van der Waals surface area contributed by atoms with Gasteiger partial charge in [-0.2, -0.15) is 0 Å². The predicted octanol–water partition coefficient (Wildman–Crippen LogP) is 2.06. The first kappa shape index (κ1) is 9.71. The number of nitrogens with two attached hydrogens (primary N) is 1. The monoisotopic (exact) mass is 181 g/mol. The number of benzene rings is 1. The third-order valence-electron chi connectivity index (χ3n) is 1.58. The molecule has 0 aliphatic heterocycles. The molecule has 0 unspecified atom stereocenters. The Morgan fingerprint density at radius 3 is 2.54 bits per heavy atom. The summed E-state index contributed by atoms with van der Waals surface area (Å²) < 4.78 is 10.5. The molecule has 1 aromatic rings. The van der Waals surface area contributed by atoms with Crippen molar-refractivity contribution in [1.82, 2.24) is 0 Å². The van der Waals surface area contributed by atoms with Gasteiger partial charge in [-0.15, -0.1) is 0 Å². The molecule has 1 rings (SSSR count). The van der Waals surface area contributed by atoms with Crippen LogP contribution in [-0.2, 0) is 0 Å². The van der Waals surface area contributed by atoms with Crippen molar-refractivity contribution in [2.75, 3.05) is 12.8 Å². The van der Waals surface area contributed by atoms with Gasteiger partial charge >= 0.3 is 0 Å². The van der Waals surface area contributed by atoms with Crippen LogP contribution in [0.1, 0.15) is 13.8 Å². The molecule has 0 fully saturated rings. The summed E-state index contributed by atoms with van der Waals surface area (Å²) >= 11 is 0. The third kappa shape index (κ3) is 2.54. The van der Waals surface area contributed by atoms with Crippen molar-refractivity contribution in [3.05, 3.63) is 18.2 Å². The third-order valence-corrected chi connectivity index (χ3v) is 1.58. The highest BCUT2D eigenvalue weighted by atomic mass is 16.5. The van der Waals surface area contributed by atoms with E-state index in [0.717, 1.165) is 5.75 Å². The molecule has 0 aliphatic carbocycles. The lowest BCUT2D eigenvalue weighted by Crippen LogP contribution is -2.07. The van der Waals surface area contributed by atoms with Gasteiger partial charge in [0.05, 0.1) is 18.9 Å². The van der Waals surface area contributed by atoms with Crippen molar-refractivity contribution in [1.29, 1.82) is 0 Å². The summed E-state index contributed by atoms with van der Waals surface area (Å²) in [5.74, 6) is 1.43. The smallest absolute Gasteiger partial charge is 0.146 e. The minimum Gasteiger partial charge on any atom is -0.497 e. The Balaban J connectivity index is 2.90. The molecule has 0 saturated carbocycles. The van der Waals surface area contributed by atoms with E-state index >= 15 is 0 Å². The molecule has 0 atom stereocenters. The van der Waals surface area contributed by atoms with Crippen molar-refractivity contribution in [2.24, 2.45) is 0 Å². The molecule has 1 aromatic carbocycles. The van der Waals surface area contributed by atoms with E-state index in [1.807, 2.05) is 19.9 Å². The number of ether oxygens (including phenoxy) is 2. The summed E-state index contributed by atoms with van der Waals surface area (Å²) in [5.41, 5.74) is 6.35.